The van der Waals surface area contributed by atoms with Gasteiger partial charge in [0.1, 0.15) is 0 Å². The van der Waals surface area contributed by atoms with Gasteiger partial charge in [-0.25, -0.2) is 0 Å². The lowest BCUT2D eigenvalue weighted by Crippen LogP contribution is -2.60. The van der Waals surface area contributed by atoms with E-state index in [1.807, 2.05) is 0 Å². The van der Waals surface area contributed by atoms with E-state index in [-0.39, 0.29) is 11.5 Å². The Balaban J connectivity index is 1.47. The highest BCUT2D eigenvalue weighted by molar-refractivity contribution is 5.79. The zero-order valence-corrected chi connectivity index (χ0v) is 11.7. The molecule has 5 aliphatic rings. The molecule has 0 spiro atoms. The molecule has 0 unspecified atom stereocenters. The van der Waals surface area contributed by atoms with Crippen molar-refractivity contribution in [3.05, 3.63) is 12.2 Å². The quantitative estimate of drug-likeness (QED) is 0.756. The third kappa shape index (κ3) is 2.13. The molecule has 0 saturated heterocycles. The molecule has 1 N–H and O–H groups in total. The van der Waals surface area contributed by atoms with Crippen LogP contribution in [0, 0.1) is 23.7 Å². The first-order valence-corrected chi connectivity index (χ1v) is 8.19. The summed E-state index contributed by atoms with van der Waals surface area (Å²) in [6.07, 6.45) is 15.6. The second kappa shape index (κ2) is 4.36. The number of amides is 1. The molecule has 2 heteroatoms. The molecule has 5 aliphatic carbocycles. The highest BCUT2D eigenvalue weighted by atomic mass is 16.2. The number of carbonyl (C=O) groups is 1. The van der Waals surface area contributed by atoms with Gasteiger partial charge in [0.15, 0.2) is 0 Å². The van der Waals surface area contributed by atoms with Crippen molar-refractivity contribution >= 4 is 5.91 Å². The normalized spacial score (nSPS) is 47.4. The van der Waals surface area contributed by atoms with Crippen molar-refractivity contribution in [3.63, 3.8) is 0 Å². The van der Waals surface area contributed by atoms with E-state index in [1.165, 1.54) is 38.5 Å². The van der Waals surface area contributed by atoms with Crippen LogP contribution < -0.4 is 5.32 Å². The molecule has 104 valence electrons. The van der Waals surface area contributed by atoms with E-state index in [4.69, 9.17) is 0 Å². The first-order valence-electron chi connectivity index (χ1n) is 8.19. The van der Waals surface area contributed by atoms with Crippen LogP contribution in [0.15, 0.2) is 12.2 Å². The summed E-state index contributed by atoms with van der Waals surface area (Å²) in [5, 5.41) is 3.52. The van der Waals surface area contributed by atoms with Gasteiger partial charge in [-0.2, -0.15) is 0 Å². The molecule has 0 aromatic rings. The summed E-state index contributed by atoms with van der Waals surface area (Å²) in [5.41, 5.74) is 0.201. The lowest BCUT2D eigenvalue weighted by atomic mass is 9.53. The SMILES string of the molecule is O=C(NC12CC3CC(CC(C3)C1)C2)[C@@H]1CC=CCC1. The van der Waals surface area contributed by atoms with E-state index in [2.05, 4.69) is 17.5 Å². The van der Waals surface area contributed by atoms with Crippen molar-refractivity contribution in [2.75, 3.05) is 0 Å². The standard InChI is InChI=1S/C17H25NO/c19-16(15-4-2-1-3-5-15)18-17-9-12-6-13(10-17)8-14(7-12)11-17/h1-2,12-15H,3-11H2,(H,18,19)/t12?,13?,14?,15-,17?/m1/s1. The van der Waals surface area contributed by atoms with Gasteiger partial charge in [-0.05, 0) is 75.5 Å². The smallest absolute Gasteiger partial charge is 0.223 e. The van der Waals surface area contributed by atoms with Crippen molar-refractivity contribution in [2.24, 2.45) is 23.7 Å². The van der Waals surface area contributed by atoms with Crippen molar-refractivity contribution in [1.29, 1.82) is 0 Å². The first-order chi connectivity index (χ1) is 9.22. The van der Waals surface area contributed by atoms with Gasteiger partial charge in [0.05, 0.1) is 0 Å². The predicted octanol–water partition coefficient (Wildman–Crippen LogP) is 3.43. The zero-order chi connectivity index (χ0) is 12.9. The summed E-state index contributed by atoms with van der Waals surface area (Å²) in [6.45, 7) is 0. The second-order valence-corrected chi connectivity index (χ2v) is 7.67. The molecule has 4 bridgehead atoms. The van der Waals surface area contributed by atoms with Crippen LogP contribution in [0.3, 0.4) is 0 Å². The van der Waals surface area contributed by atoms with Crippen LogP contribution in [0.2, 0.25) is 0 Å². The lowest BCUT2D eigenvalue weighted by molar-refractivity contribution is -0.131. The Kier molecular flexibility index (Phi) is 2.75. The summed E-state index contributed by atoms with van der Waals surface area (Å²) >= 11 is 0. The van der Waals surface area contributed by atoms with E-state index >= 15 is 0 Å². The lowest BCUT2D eigenvalue weighted by Gasteiger charge is -2.57. The number of nitrogens with one attached hydrogen (secondary N) is 1. The molecular formula is C17H25NO. The summed E-state index contributed by atoms with van der Waals surface area (Å²) in [6, 6.07) is 0. The average molecular weight is 259 g/mol. The third-order valence-corrected chi connectivity index (χ3v) is 6.07. The predicted molar refractivity (Wildman–Crippen MR) is 75.5 cm³/mol. The highest BCUT2D eigenvalue weighted by Crippen LogP contribution is 2.55. The molecule has 0 aromatic heterocycles. The fourth-order valence-electron chi connectivity index (χ4n) is 5.66. The molecular weight excluding hydrogens is 234 g/mol. The van der Waals surface area contributed by atoms with E-state index in [9.17, 15) is 4.79 Å². The summed E-state index contributed by atoms with van der Waals surface area (Å²) in [7, 11) is 0. The van der Waals surface area contributed by atoms with Gasteiger partial charge in [0.2, 0.25) is 5.91 Å². The Bertz CT molecular complexity index is 376. The molecule has 0 aromatic carbocycles. The van der Waals surface area contributed by atoms with E-state index in [0.717, 1.165) is 37.0 Å². The number of hydrogen-bond donors (Lipinski definition) is 1. The summed E-state index contributed by atoms with van der Waals surface area (Å²) in [5.74, 6) is 3.35. The fraction of sp³-hybridized carbons (Fsp3) is 0.824. The van der Waals surface area contributed by atoms with E-state index in [0.29, 0.717) is 5.91 Å². The molecule has 0 radical (unpaired) electrons. The van der Waals surface area contributed by atoms with Gasteiger partial charge in [0.25, 0.3) is 0 Å². The highest BCUT2D eigenvalue weighted by Gasteiger charge is 2.51. The largest absolute Gasteiger partial charge is 0.350 e. The Labute approximate surface area is 116 Å². The van der Waals surface area contributed by atoms with Crippen molar-refractivity contribution < 1.29 is 4.79 Å². The maximum Gasteiger partial charge on any atom is 0.223 e. The van der Waals surface area contributed by atoms with Crippen LogP contribution in [-0.2, 0) is 4.79 Å². The Morgan fingerprint density at radius 2 is 1.63 bits per heavy atom. The molecule has 4 fully saturated rings. The van der Waals surface area contributed by atoms with Gasteiger partial charge in [-0.3, -0.25) is 4.79 Å². The van der Waals surface area contributed by atoms with Crippen molar-refractivity contribution in [2.45, 2.75) is 63.3 Å². The number of carbonyl (C=O) groups excluding carboxylic acids is 1. The van der Waals surface area contributed by atoms with Crippen molar-refractivity contribution in [3.8, 4) is 0 Å². The number of rotatable bonds is 2. The maximum atomic E-state index is 12.5. The van der Waals surface area contributed by atoms with Crippen LogP contribution >= 0.6 is 0 Å². The van der Waals surface area contributed by atoms with E-state index < -0.39 is 0 Å². The van der Waals surface area contributed by atoms with Crippen LogP contribution in [0.5, 0.6) is 0 Å². The minimum Gasteiger partial charge on any atom is -0.350 e. The van der Waals surface area contributed by atoms with Crippen LogP contribution in [0.4, 0.5) is 0 Å². The fourth-order valence-corrected chi connectivity index (χ4v) is 5.66. The molecule has 19 heavy (non-hydrogen) atoms. The van der Waals surface area contributed by atoms with Crippen LogP contribution in [-0.4, -0.2) is 11.4 Å². The average Bonchev–Trinajstić information content (AvgIpc) is 2.37. The molecule has 5 rings (SSSR count). The summed E-state index contributed by atoms with van der Waals surface area (Å²) < 4.78 is 0. The molecule has 1 amide bonds. The van der Waals surface area contributed by atoms with Crippen molar-refractivity contribution in [1.82, 2.24) is 5.32 Å². The maximum absolute atomic E-state index is 12.5. The minimum atomic E-state index is 0.201. The number of hydrogen-bond acceptors (Lipinski definition) is 1. The monoisotopic (exact) mass is 259 g/mol. The topological polar surface area (TPSA) is 29.1 Å². The van der Waals surface area contributed by atoms with Crippen LogP contribution in [0.1, 0.15) is 57.8 Å². The first kappa shape index (κ1) is 12.0. The molecule has 2 nitrogen and oxygen atoms in total. The van der Waals surface area contributed by atoms with Gasteiger partial charge < -0.3 is 5.32 Å². The van der Waals surface area contributed by atoms with Gasteiger partial charge in [-0.15, -0.1) is 0 Å². The molecule has 4 saturated carbocycles. The minimum absolute atomic E-state index is 0.201. The third-order valence-electron chi connectivity index (χ3n) is 6.07. The Morgan fingerprint density at radius 1 is 1.00 bits per heavy atom. The molecule has 0 aliphatic heterocycles. The summed E-state index contributed by atoms with van der Waals surface area (Å²) in [4.78, 5) is 12.5. The van der Waals surface area contributed by atoms with Crippen LogP contribution in [0.25, 0.3) is 0 Å². The van der Waals surface area contributed by atoms with Gasteiger partial charge in [-0.1, -0.05) is 12.2 Å². The van der Waals surface area contributed by atoms with E-state index in [1.54, 1.807) is 0 Å². The van der Waals surface area contributed by atoms with Gasteiger partial charge in [0, 0.05) is 11.5 Å². The zero-order valence-electron chi connectivity index (χ0n) is 11.7. The van der Waals surface area contributed by atoms with Gasteiger partial charge >= 0.3 is 0 Å². The molecule has 1 atom stereocenters. The Hall–Kier alpha value is -0.790. The number of allylic oxidation sites excluding steroid dienone is 2. The second-order valence-electron chi connectivity index (χ2n) is 7.67. The Morgan fingerprint density at radius 3 is 2.16 bits per heavy atom. The molecule has 0 heterocycles.